The highest BCUT2D eigenvalue weighted by atomic mass is 32.2. The van der Waals surface area contributed by atoms with Crippen LogP contribution in [0.2, 0.25) is 0 Å². The van der Waals surface area contributed by atoms with Crippen molar-refractivity contribution in [3.63, 3.8) is 0 Å². The van der Waals surface area contributed by atoms with Crippen LogP contribution >= 0.6 is 0 Å². The molecule has 2 heterocycles. The van der Waals surface area contributed by atoms with Gasteiger partial charge in [-0.2, -0.15) is 8.70 Å². The molecule has 2 saturated heterocycles. The molecule has 1 aromatic rings. The number of nitro benzene ring substituents is 1. The Labute approximate surface area is 133 Å². The number of fused-ring (bicyclic) bond motifs is 2. The van der Waals surface area contributed by atoms with Crippen molar-refractivity contribution in [2.45, 2.75) is 48.7 Å². The van der Waals surface area contributed by atoms with Crippen LogP contribution in [0, 0.1) is 15.9 Å². The molecule has 0 aromatic heterocycles. The summed E-state index contributed by atoms with van der Waals surface area (Å²) >= 11 is 0. The smallest absolute Gasteiger partial charge is 0.311 e. The summed E-state index contributed by atoms with van der Waals surface area (Å²) in [6, 6.07) is 3.47. The lowest BCUT2D eigenvalue weighted by Crippen LogP contribution is -2.48. The van der Waals surface area contributed by atoms with Gasteiger partial charge in [-0.25, -0.2) is 8.42 Å². The molecule has 2 aliphatic rings. The summed E-state index contributed by atoms with van der Waals surface area (Å²) in [7, 11) is -2.72. The van der Waals surface area contributed by atoms with E-state index < -0.39 is 31.3 Å². The van der Waals surface area contributed by atoms with E-state index in [1.165, 1.54) is 17.4 Å². The third-order valence-corrected chi connectivity index (χ3v) is 6.69. The van der Waals surface area contributed by atoms with E-state index in [9.17, 15) is 22.9 Å². The summed E-state index contributed by atoms with van der Waals surface area (Å²) in [4.78, 5) is 9.50. The van der Waals surface area contributed by atoms with E-state index >= 15 is 0 Å². The highest BCUT2D eigenvalue weighted by molar-refractivity contribution is 7.89. The second-order valence-corrected chi connectivity index (χ2v) is 8.09. The van der Waals surface area contributed by atoms with E-state index in [0.29, 0.717) is 12.8 Å². The van der Waals surface area contributed by atoms with Crippen LogP contribution in [0.25, 0.3) is 0 Å². The van der Waals surface area contributed by atoms with Gasteiger partial charge in [0.1, 0.15) is 0 Å². The number of hydrogen-bond acceptors (Lipinski definition) is 5. The van der Waals surface area contributed by atoms with Crippen molar-refractivity contribution < 1.29 is 17.7 Å². The van der Waals surface area contributed by atoms with Gasteiger partial charge in [-0.05, 0) is 37.8 Å². The summed E-state index contributed by atoms with van der Waals surface area (Å²) in [6.45, 7) is 0. The Bertz CT molecular complexity index is 728. The van der Waals surface area contributed by atoms with Crippen molar-refractivity contribution in [1.29, 1.82) is 0 Å². The van der Waals surface area contributed by atoms with Crippen LogP contribution in [-0.4, -0.2) is 42.8 Å². The first kappa shape index (κ1) is 16.3. The zero-order valence-corrected chi connectivity index (χ0v) is 13.4. The number of para-hydroxylation sites is 1. The Morgan fingerprint density at radius 3 is 2.48 bits per heavy atom. The number of rotatable bonds is 4. The Morgan fingerprint density at radius 1 is 1.30 bits per heavy atom. The van der Waals surface area contributed by atoms with Crippen molar-refractivity contribution in [1.82, 2.24) is 9.62 Å². The average Bonchev–Trinajstić information content (AvgIpc) is 2.84. The fourth-order valence-electron chi connectivity index (χ4n) is 3.56. The first-order valence-corrected chi connectivity index (χ1v) is 8.91. The van der Waals surface area contributed by atoms with Gasteiger partial charge in [-0.1, -0.05) is 6.07 Å². The van der Waals surface area contributed by atoms with Crippen LogP contribution in [0.1, 0.15) is 25.7 Å². The third kappa shape index (κ3) is 2.84. The zero-order chi connectivity index (χ0) is 16.8. The van der Waals surface area contributed by atoms with Crippen molar-refractivity contribution >= 4 is 15.7 Å². The highest BCUT2D eigenvalue weighted by Crippen LogP contribution is 2.34. The molecule has 2 atom stereocenters. The first-order chi connectivity index (χ1) is 10.8. The monoisotopic (exact) mass is 343 g/mol. The van der Waals surface area contributed by atoms with Gasteiger partial charge in [-0.3, -0.25) is 10.1 Å². The molecule has 0 aliphatic carbocycles. The van der Waals surface area contributed by atoms with Crippen LogP contribution in [-0.2, 0) is 10.0 Å². The summed E-state index contributed by atoms with van der Waals surface area (Å²) < 4.78 is 40.5. The predicted molar refractivity (Wildman–Crippen MR) is 81.0 cm³/mol. The molecule has 0 radical (unpaired) electrons. The number of halogens is 1. The van der Waals surface area contributed by atoms with E-state index in [2.05, 4.69) is 5.32 Å². The number of sulfonamides is 1. The van der Waals surface area contributed by atoms with Gasteiger partial charge in [0.2, 0.25) is 15.8 Å². The first-order valence-electron chi connectivity index (χ1n) is 7.47. The molecule has 2 unspecified atom stereocenters. The van der Waals surface area contributed by atoms with Crippen LogP contribution < -0.4 is 5.32 Å². The minimum atomic E-state index is -4.13. The SMILES string of the molecule is CN(C1CC2CCC(C1)N2)S(=O)(=O)c1cccc(F)c1[N+](=O)[O-]. The summed E-state index contributed by atoms with van der Waals surface area (Å²) in [5, 5.41) is 14.5. The summed E-state index contributed by atoms with van der Waals surface area (Å²) in [5.74, 6) is -1.14. The van der Waals surface area contributed by atoms with Crippen LogP contribution in [0.4, 0.5) is 10.1 Å². The molecule has 9 heteroatoms. The minimum Gasteiger partial charge on any atom is -0.311 e. The van der Waals surface area contributed by atoms with Gasteiger partial charge in [0.05, 0.1) is 4.92 Å². The molecule has 1 N–H and O–H groups in total. The summed E-state index contributed by atoms with van der Waals surface area (Å²) in [6.07, 6.45) is 3.34. The quantitative estimate of drug-likeness (QED) is 0.663. The fourth-order valence-corrected chi connectivity index (χ4v) is 5.10. The number of piperidine rings is 1. The maximum Gasteiger partial charge on any atom is 0.324 e. The fraction of sp³-hybridized carbons (Fsp3) is 0.571. The van der Waals surface area contributed by atoms with Gasteiger partial charge < -0.3 is 5.32 Å². The lowest BCUT2D eigenvalue weighted by Gasteiger charge is -2.34. The largest absolute Gasteiger partial charge is 0.324 e. The second kappa shape index (κ2) is 5.81. The average molecular weight is 343 g/mol. The molecule has 2 aliphatic heterocycles. The molecule has 7 nitrogen and oxygen atoms in total. The molecular weight excluding hydrogens is 325 g/mol. The Hall–Kier alpha value is -1.58. The van der Waals surface area contributed by atoms with E-state index in [4.69, 9.17) is 0 Å². The topological polar surface area (TPSA) is 92.6 Å². The van der Waals surface area contributed by atoms with E-state index in [0.717, 1.165) is 25.0 Å². The normalized spacial score (nSPS) is 27.3. The van der Waals surface area contributed by atoms with Crippen molar-refractivity contribution in [3.05, 3.63) is 34.1 Å². The highest BCUT2D eigenvalue weighted by Gasteiger charge is 2.41. The molecule has 2 fully saturated rings. The molecule has 0 amide bonds. The Balaban J connectivity index is 1.95. The van der Waals surface area contributed by atoms with E-state index in [-0.39, 0.29) is 18.1 Å². The lowest BCUT2D eigenvalue weighted by atomic mass is 10.0. The van der Waals surface area contributed by atoms with Crippen molar-refractivity contribution in [3.8, 4) is 0 Å². The second-order valence-electron chi connectivity index (χ2n) is 6.13. The number of nitrogens with zero attached hydrogens (tertiary/aromatic N) is 2. The molecule has 126 valence electrons. The molecule has 0 spiro atoms. The number of benzene rings is 1. The molecule has 1 aromatic carbocycles. The molecule has 3 rings (SSSR count). The van der Waals surface area contributed by atoms with Crippen molar-refractivity contribution in [2.24, 2.45) is 0 Å². The van der Waals surface area contributed by atoms with Crippen LogP contribution in [0.3, 0.4) is 0 Å². The molecule has 23 heavy (non-hydrogen) atoms. The van der Waals surface area contributed by atoms with E-state index in [1.54, 1.807) is 0 Å². The maximum atomic E-state index is 13.7. The Morgan fingerprint density at radius 2 is 1.91 bits per heavy atom. The van der Waals surface area contributed by atoms with Gasteiger partial charge in [-0.15, -0.1) is 0 Å². The Kier molecular flexibility index (Phi) is 4.11. The van der Waals surface area contributed by atoms with Crippen LogP contribution in [0.15, 0.2) is 23.1 Å². The molecular formula is C14H18FN3O4S. The maximum absolute atomic E-state index is 13.7. The molecule has 2 bridgehead atoms. The van der Waals surface area contributed by atoms with E-state index in [1.807, 2.05) is 0 Å². The third-order valence-electron chi connectivity index (χ3n) is 4.75. The number of hydrogen-bond donors (Lipinski definition) is 1. The lowest BCUT2D eigenvalue weighted by molar-refractivity contribution is -0.390. The van der Waals surface area contributed by atoms with Gasteiger partial charge in [0.25, 0.3) is 0 Å². The van der Waals surface area contributed by atoms with Crippen molar-refractivity contribution in [2.75, 3.05) is 7.05 Å². The standard InChI is InChI=1S/C14H18FN3O4S/c1-17(11-7-9-5-6-10(8-11)16-9)23(21,22)13-4-2-3-12(15)14(13)18(19)20/h2-4,9-11,16H,5-8H2,1H3. The molecule has 0 saturated carbocycles. The predicted octanol–water partition coefficient (Wildman–Crippen LogP) is 1.64. The number of nitrogens with one attached hydrogen (secondary N) is 1. The number of nitro groups is 1. The van der Waals surface area contributed by atoms with Gasteiger partial charge in [0.15, 0.2) is 4.90 Å². The summed E-state index contributed by atoms with van der Waals surface area (Å²) in [5.41, 5.74) is -0.990. The zero-order valence-electron chi connectivity index (χ0n) is 12.6. The van der Waals surface area contributed by atoms with Gasteiger partial charge >= 0.3 is 5.69 Å². The minimum absolute atomic E-state index is 0.235. The van der Waals surface area contributed by atoms with Gasteiger partial charge in [0, 0.05) is 25.2 Å². The van der Waals surface area contributed by atoms with Crippen LogP contribution in [0.5, 0.6) is 0 Å².